The largest absolute Gasteiger partial charge is 0.496 e. The maximum absolute atomic E-state index is 11.7. The molecule has 1 aliphatic heterocycles. The van der Waals surface area contributed by atoms with E-state index in [0.29, 0.717) is 5.82 Å². The van der Waals surface area contributed by atoms with Gasteiger partial charge in [-0.15, -0.1) is 0 Å². The van der Waals surface area contributed by atoms with Crippen molar-refractivity contribution in [1.29, 1.82) is 0 Å². The molecule has 1 fully saturated rings. The summed E-state index contributed by atoms with van der Waals surface area (Å²) in [5.41, 5.74) is 1.83. The van der Waals surface area contributed by atoms with Gasteiger partial charge in [0.1, 0.15) is 11.6 Å². The van der Waals surface area contributed by atoms with Crippen molar-refractivity contribution < 1.29 is 18.3 Å². The molecule has 7 heteroatoms. The Morgan fingerprint density at radius 3 is 2.73 bits per heavy atom. The van der Waals surface area contributed by atoms with Crippen molar-refractivity contribution in [2.75, 3.05) is 18.6 Å². The quantitative estimate of drug-likeness (QED) is 0.918. The van der Waals surface area contributed by atoms with Crippen LogP contribution >= 0.6 is 0 Å². The summed E-state index contributed by atoms with van der Waals surface area (Å²) in [4.78, 5) is 4.33. The Balaban J connectivity index is 2.01. The van der Waals surface area contributed by atoms with Gasteiger partial charge in [0.2, 0.25) is 0 Å². The molecule has 1 aromatic heterocycles. The second kappa shape index (κ2) is 5.40. The van der Waals surface area contributed by atoms with Gasteiger partial charge in [0.05, 0.1) is 30.8 Å². The van der Waals surface area contributed by atoms with E-state index in [2.05, 4.69) is 4.98 Å². The summed E-state index contributed by atoms with van der Waals surface area (Å²) in [5, 5.41) is 10.1. The standard InChI is InChI=1S/C15H18N2O4S/c1-10-7-11(3-4-14(10)21-2)15-16-5-6-17(15)12-8-22(19,20)9-13(12)18/h3-7,12-13,18H,8-9H2,1-2H3/t12-,13-/m1/s1. The minimum atomic E-state index is -3.21. The highest BCUT2D eigenvalue weighted by Crippen LogP contribution is 2.31. The maximum Gasteiger partial charge on any atom is 0.155 e. The predicted octanol–water partition coefficient (Wildman–Crippen LogP) is 1.20. The van der Waals surface area contributed by atoms with Crippen molar-refractivity contribution in [3.05, 3.63) is 36.2 Å². The number of aliphatic hydroxyl groups is 1. The van der Waals surface area contributed by atoms with Crippen LogP contribution in [0, 0.1) is 6.92 Å². The first-order valence-corrected chi connectivity index (χ1v) is 8.80. The molecule has 1 N–H and O–H groups in total. The van der Waals surface area contributed by atoms with Gasteiger partial charge in [0.15, 0.2) is 9.84 Å². The molecule has 0 bridgehead atoms. The molecule has 2 heterocycles. The molecule has 0 radical (unpaired) electrons. The average Bonchev–Trinajstić information content (AvgIpc) is 3.02. The third-order valence-electron chi connectivity index (χ3n) is 3.97. The molecule has 22 heavy (non-hydrogen) atoms. The number of hydrogen-bond acceptors (Lipinski definition) is 5. The molecule has 0 spiro atoms. The number of nitrogens with zero attached hydrogens (tertiary/aromatic N) is 2. The topological polar surface area (TPSA) is 81.4 Å². The van der Waals surface area contributed by atoms with Crippen molar-refractivity contribution in [2.45, 2.75) is 19.1 Å². The van der Waals surface area contributed by atoms with Gasteiger partial charge in [-0.05, 0) is 30.7 Å². The Hall–Kier alpha value is -1.86. The van der Waals surface area contributed by atoms with Gasteiger partial charge in [-0.1, -0.05) is 0 Å². The highest BCUT2D eigenvalue weighted by Gasteiger charge is 2.38. The van der Waals surface area contributed by atoms with Gasteiger partial charge in [-0.3, -0.25) is 0 Å². The fourth-order valence-electron chi connectivity index (χ4n) is 2.90. The first kappa shape index (κ1) is 15.1. The minimum Gasteiger partial charge on any atom is -0.496 e. The Morgan fingerprint density at radius 2 is 2.14 bits per heavy atom. The fourth-order valence-corrected chi connectivity index (χ4v) is 4.68. The first-order valence-electron chi connectivity index (χ1n) is 6.97. The Morgan fingerprint density at radius 1 is 1.36 bits per heavy atom. The number of aryl methyl sites for hydroxylation is 1. The average molecular weight is 322 g/mol. The van der Waals surface area contributed by atoms with Gasteiger partial charge in [-0.2, -0.15) is 0 Å². The van der Waals surface area contributed by atoms with Crippen LogP contribution in [-0.2, 0) is 9.84 Å². The molecular weight excluding hydrogens is 304 g/mol. The third kappa shape index (κ3) is 2.62. The molecule has 1 aliphatic rings. The predicted molar refractivity (Wildman–Crippen MR) is 82.6 cm³/mol. The number of hydrogen-bond donors (Lipinski definition) is 1. The number of rotatable bonds is 3. The molecule has 118 valence electrons. The van der Waals surface area contributed by atoms with E-state index >= 15 is 0 Å². The lowest BCUT2D eigenvalue weighted by Crippen LogP contribution is -2.22. The van der Waals surface area contributed by atoms with E-state index in [0.717, 1.165) is 16.9 Å². The summed E-state index contributed by atoms with van der Waals surface area (Å²) in [7, 11) is -1.59. The van der Waals surface area contributed by atoms with Crippen LogP contribution in [-0.4, -0.2) is 47.8 Å². The van der Waals surface area contributed by atoms with Crippen LogP contribution in [0.1, 0.15) is 11.6 Å². The SMILES string of the molecule is COc1ccc(-c2nccn2[C@@H]2CS(=O)(=O)C[C@H]2O)cc1C. The second-order valence-corrected chi connectivity index (χ2v) is 7.71. The number of aromatic nitrogens is 2. The molecule has 2 atom stereocenters. The van der Waals surface area contributed by atoms with Crippen LogP contribution in [0.5, 0.6) is 5.75 Å². The minimum absolute atomic E-state index is 0.0628. The molecule has 0 unspecified atom stereocenters. The number of aliphatic hydroxyl groups excluding tert-OH is 1. The zero-order valence-electron chi connectivity index (χ0n) is 12.4. The van der Waals surface area contributed by atoms with Gasteiger partial charge in [0.25, 0.3) is 0 Å². The smallest absolute Gasteiger partial charge is 0.155 e. The molecule has 0 amide bonds. The zero-order valence-corrected chi connectivity index (χ0v) is 13.2. The lowest BCUT2D eigenvalue weighted by Gasteiger charge is -2.18. The number of methoxy groups -OCH3 is 1. The number of benzene rings is 1. The molecule has 0 aliphatic carbocycles. The number of sulfone groups is 1. The zero-order chi connectivity index (χ0) is 15.9. The summed E-state index contributed by atoms with van der Waals surface area (Å²) < 4.78 is 30.4. The Kier molecular flexibility index (Phi) is 3.70. The van der Waals surface area contributed by atoms with Crippen molar-refractivity contribution in [2.24, 2.45) is 0 Å². The van der Waals surface area contributed by atoms with E-state index in [9.17, 15) is 13.5 Å². The fraction of sp³-hybridized carbons (Fsp3) is 0.400. The first-order chi connectivity index (χ1) is 10.4. The molecule has 2 aromatic rings. The molecule has 6 nitrogen and oxygen atoms in total. The summed E-state index contributed by atoms with van der Waals surface area (Å²) >= 11 is 0. The summed E-state index contributed by atoms with van der Waals surface area (Å²) in [5.74, 6) is 1.17. The molecule has 1 saturated heterocycles. The van der Waals surface area contributed by atoms with E-state index < -0.39 is 22.0 Å². The lowest BCUT2D eigenvalue weighted by molar-refractivity contribution is 0.154. The van der Waals surface area contributed by atoms with Crippen LogP contribution in [0.2, 0.25) is 0 Å². The summed E-state index contributed by atoms with van der Waals surface area (Å²) in [6.07, 6.45) is 2.42. The van der Waals surface area contributed by atoms with Crippen LogP contribution in [0.3, 0.4) is 0 Å². The lowest BCUT2D eigenvalue weighted by atomic mass is 10.1. The highest BCUT2D eigenvalue weighted by molar-refractivity contribution is 7.91. The second-order valence-electron chi connectivity index (χ2n) is 5.55. The van der Waals surface area contributed by atoms with Crippen molar-refractivity contribution in [3.8, 4) is 17.1 Å². The van der Waals surface area contributed by atoms with Gasteiger partial charge >= 0.3 is 0 Å². The van der Waals surface area contributed by atoms with Crippen LogP contribution in [0.25, 0.3) is 11.4 Å². The van der Waals surface area contributed by atoms with Crippen molar-refractivity contribution >= 4 is 9.84 Å². The molecule has 0 saturated carbocycles. The number of imidazole rings is 1. The summed E-state index contributed by atoms with van der Waals surface area (Å²) in [6.45, 7) is 1.94. The van der Waals surface area contributed by atoms with Crippen LogP contribution in [0.15, 0.2) is 30.6 Å². The van der Waals surface area contributed by atoms with E-state index in [1.807, 2.05) is 25.1 Å². The normalized spacial score (nSPS) is 23.6. The molecule has 3 rings (SSSR count). The van der Waals surface area contributed by atoms with Gasteiger partial charge in [-0.25, -0.2) is 13.4 Å². The van der Waals surface area contributed by atoms with E-state index in [-0.39, 0.29) is 11.5 Å². The Bertz CT molecular complexity index is 798. The monoisotopic (exact) mass is 322 g/mol. The Labute approximate surface area is 129 Å². The van der Waals surface area contributed by atoms with Crippen LogP contribution in [0.4, 0.5) is 0 Å². The highest BCUT2D eigenvalue weighted by atomic mass is 32.2. The van der Waals surface area contributed by atoms with Crippen molar-refractivity contribution in [1.82, 2.24) is 9.55 Å². The van der Waals surface area contributed by atoms with Crippen molar-refractivity contribution in [3.63, 3.8) is 0 Å². The molecular formula is C15H18N2O4S. The van der Waals surface area contributed by atoms with Gasteiger partial charge in [0, 0.05) is 18.0 Å². The molecule has 1 aromatic carbocycles. The third-order valence-corrected chi connectivity index (χ3v) is 5.67. The van der Waals surface area contributed by atoms with E-state index in [1.54, 1.807) is 24.1 Å². The van der Waals surface area contributed by atoms with Gasteiger partial charge < -0.3 is 14.4 Å². The maximum atomic E-state index is 11.7. The summed E-state index contributed by atoms with van der Waals surface area (Å²) in [6, 6.07) is 5.17. The van der Waals surface area contributed by atoms with E-state index in [4.69, 9.17) is 4.74 Å². The number of ether oxygens (including phenoxy) is 1. The van der Waals surface area contributed by atoms with E-state index in [1.165, 1.54) is 0 Å². The van der Waals surface area contributed by atoms with Crippen LogP contribution < -0.4 is 4.74 Å².